The maximum Gasteiger partial charge on any atom is 0.151 e. The van der Waals surface area contributed by atoms with Crippen LogP contribution in [-0.2, 0) is 14.6 Å². The van der Waals surface area contributed by atoms with Crippen molar-refractivity contribution in [3.63, 3.8) is 0 Å². The monoisotopic (exact) mass is 249 g/mol. The van der Waals surface area contributed by atoms with Crippen LogP contribution in [0, 0.1) is 5.41 Å². The van der Waals surface area contributed by atoms with Crippen molar-refractivity contribution in [3.8, 4) is 0 Å². The lowest BCUT2D eigenvalue weighted by Gasteiger charge is -2.46. The topological polar surface area (TPSA) is 89.6 Å². The second-order valence-electron chi connectivity index (χ2n) is 4.97. The van der Waals surface area contributed by atoms with Crippen LogP contribution in [0.15, 0.2) is 0 Å². The normalized spacial score (nSPS) is 37.4. The highest BCUT2D eigenvalue weighted by atomic mass is 32.2. The van der Waals surface area contributed by atoms with E-state index in [-0.39, 0.29) is 18.1 Å². The van der Waals surface area contributed by atoms with E-state index < -0.39 is 20.9 Å². The molecule has 0 radical (unpaired) electrons. The lowest BCUT2D eigenvalue weighted by Crippen LogP contribution is -2.56. The zero-order chi connectivity index (χ0) is 11.9. The first kappa shape index (κ1) is 12.3. The molecule has 2 saturated heterocycles. The van der Waals surface area contributed by atoms with Gasteiger partial charge in [-0.15, -0.1) is 0 Å². The second-order valence-corrected chi connectivity index (χ2v) is 7.15. The van der Waals surface area contributed by atoms with E-state index in [0.717, 1.165) is 0 Å². The van der Waals surface area contributed by atoms with Crippen molar-refractivity contribution in [1.82, 2.24) is 0 Å². The number of rotatable bonds is 2. The molecule has 5 nitrogen and oxygen atoms in total. The average molecular weight is 249 g/mol. The molecular formula is C10H19NO4S. The Morgan fingerprint density at radius 1 is 1.25 bits per heavy atom. The molecule has 2 fully saturated rings. The molecule has 2 rings (SSSR count). The van der Waals surface area contributed by atoms with Crippen molar-refractivity contribution in [3.05, 3.63) is 0 Å². The highest BCUT2D eigenvalue weighted by Crippen LogP contribution is 2.46. The second kappa shape index (κ2) is 3.94. The van der Waals surface area contributed by atoms with Gasteiger partial charge in [0.1, 0.15) is 0 Å². The molecule has 94 valence electrons. The fraction of sp³-hybridized carbons (Fsp3) is 1.00. The summed E-state index contributed by atoms with van der Waals surface area (Å²) in [5.74, 6) is 0.167. The van der Waals surface area contributed by atoms with Crippen molar-refractivity contribution in [1.29, 1.82) is 0 Å². The van der Waals surface area contributed by atoms with Gasteiger partial charge in [0.05, 0.1) is 17.1 Å². The minimum Gasteiger partial charge on any atom is -0.389 e. The molecule has 0 aliphatic carbocycles. The number of hydrogen-bond donors (Lipinski definition) is 2. The summed E-state index contributed by atoms with van der Waals surface area (Å²) < 4.78 is 28.4. The molecular weight excluding hydrogens is 230 g/mol. The molecule has 16 heavy (non-hydrogen) atoms. The van der Waals surface area contributed by atoms with Gasteiger partial charge >= 0.3 is 0 Å². The van der Waals surface area contributed by atoms with Crippen LogP contribution >= 0.6 is 0 Å². The first-order chi connectivity index (χ1) is 7.43. The number of sulfone groups is 1. The Balaban J connectivity index is 2.28. The van der Waals surface area contributed by atoms with E-state index >= 15 is 0 Å². The van der Waals surface area contributed by atoms with Crippen LogP contribution in [0.3, 0.4) is 0 Å². The summed E-state index contributed by atoms with van der Waals surface area (Å²) in [6, 6.07) is 0. The summed E-state index contributed by atoms with van der Waals surface area (Å²) in [6.45, 7) is 1.19. The van der Waals surface area contributed by atoms with E-state index in [0.29, 0.717) is 32.5 Å². The van der Waals surface area contributed by atoms with Crippen molar-refractivity contribution in [2.24, 2.45) is 11.1 Å². The van der Waals surface area contributed by atoms with E-state index in [1.165, 1.54) is 0 Å². The van der Waals surface area contributed by atoms with Crippen LogP contribution in [0.4, 0.5) is 0 Å². The zero-order valence-electron chi connectivity index (χ0n) is 9.31. The Morgan fingerprint density at radius 3 is 2.31 bits per heavy atom. The lowest BCUT2D eigenvalue weighted by atomic mass is 9.67. The molecule has 2 aliphatic heterocycles. The zero-order valence-corrected chi connectivity index (χ0v) is 10.1. The fourth-order valence-electron chi connectivity index (χ4n) is 2.87. The molecule has 6 heteroatoms. The summed E-state index contributed by atoms with van der Waals surface area (Å²) >= 11 is 0. The number of aliphatic hydroxyl groups is 1. The maximum absolute atomic E-state index is 11.6. The largest absolute Gasteiger partial charge is 0.389 e. The van der Waals surface area contributed by atoms with Gasteiger partial charge in [0, 0.05) is 38.0 Å². The van der Waals surface area contributed by atoms with E-state index in [4.69, 9.17) is 10.5 Å². The van der Waals surface area contributed by atoms with Crippen LogP contribution in [0.25, 0.3) is 0 Å². The summed E-state index contributed by atoms with van der Waals surface area (Å²) in [5.41, 5.74) is 4.11. The minimum atomic E-state index is -3.03. The van der Waals surface area contributed by atoms with Gasteiger partial charge in [0.15, 0.2) is 9.84 Å². The van der Waals surface area contributed by atoms with Crippen LogP contribution < -0.4 is 5.73 Å². The molecule has 3 N–H and O–H groups in total. The smallest absolute Gasteiger partial charge is 0.151 e. The van der Waals surface area contributed by atoms with Gasteiger partial charge in [-0.1, -0.05) is 0 Å². The molecule has 0 saturated carbocycles. The quantitative estimate of drug-likeness (QED) is 0.675. The van der Waals surface area contributed by atoms with E-state index in [9.17, 15) is 13.5 Å². The Kier molecular flexibility index (Phi) is 3.03. The van der Waals surface area contributed by atoms with Gasteiger partial charge in [-0.2, -0.15) is 0 Å². The van der Waals surface area contributed by atoms with Gasteiger partial charge in [0.2, 0.25) is 0 Å². The van der Waals surface area contributed by atoms with Gasteiger partial charge in [-0.25, -0.2) is 8.42 Å². The Bertz CT molecular complexity index is 361. The standard InChI is InChI=1S/C10H19NO4S/c11-7-9(3-6-16(13,14)8-9)10(12)1-4-15-5-2-10/h12H,1-8,11H2. The lowest BCUT2D eigenvalue weighted by molar-refractivity contribution is -0.132. The third-order valence-electron chi connectivity index (χ3n) is 4.09. The first-order valence-electron chi connectivity index (χ1n) is 5.64. The molecule has 0 aromatic heterocycles. The summed E-state index contributed by atoms with van der Waals surface area (Å²) in [6.07, 6.45) is 1.45. The third kappa shape index (κ3) is 1.88. The highest BCUT2D eigenvalue weighted by molar-refractivity contribution is 7.91. The molecule has 2 aliphatic rings. The van der Waals surface area contributed by atoms with Crippen LogP contribution in [0.1, 0.15) is 19.3 Å². The minimum absolute atomic E-state index is 0.0208. The average Bonchev–Trinajstić information content (AvgIpc) is 2.57. The molecule has 0 spiro atoms. The van der Waals surface area contributed by atoms with Crippen molar-refractivity contribution in [2.75, 3.05) is 31.3 Å². The molecule has 2 heterocycles. The number of hydrogen-bond acceptors (Lipinski definition) is 5. The predicted octanol–water partition coefficient (Wildman–Crippen LogP) is -0.708. The molecule has 1 atom stereocenters. The predicted molar refractivity (Wildman–Crippen MR) is 59.8 cm³/mol. The SMILES string of the molecule is NCC1(C2(O)CCOCC2)CCS(=O)(=O)C1. The van der Waals surface area contributed by atoms with Gasteiger partial charge in [-0.05, 0) is 6.42 Å². The molecule has 0 bridgehead atoms. The summed E-state index contributed by atoms with van der Waals surface area (Å²) in [4.78, 5) is 0. The molecule has 0 aromatic rings. The van der Waals surface area contributed by atoms with Gasteiger partial charge < -0.3 is 15.6 Å². The van der Waals surface area contributed by atoms with Gasteiger partial charge in [0.25, 0.3) is 0 Å². The van der Waals surface area contributed by atoms with E-state index in [2.05, 4.69) is 0 Å². The third-order valence-corrected chi connectivity index (χ3v) is 5.90. The van der Waals surface area contributed by atoms with Gasteiger partial charge in [-0.3, -0.25) is 0 Å². The van der Waals surface area contributed by atoms with Crippen LogP contribution in [-0.4, -0.2) is 50.4 Å². The van der Waals surface area contributed by atoms with Crippen molar-refractivity contribution >= 4 is 9.84 Å². The maximum atomic E-state index is 11.6. The van der Waals surface area contributed by atoms with E-state index in [1.54, 1.807) is 0 Å². The Morgan fingerprint density at radius 2 is 1.88 bits per heavy atom. The molecule has 0 aromatic carbocycles. The Labute approximate surface area is 95.9 Å². The van der Waals surface area contributed by atoms with Crippen LogP contribution in [0.5, 0.6) is 0 Å². The number of nitrogens with two attached hydrogens (primary N) is 1. The van der Waals surface area contributed by atoms with Crippen molar-refractivity contribution in [2.45, 2.75) is 24.9 Å². The summed E-state index contributed by atoms with van der Waals surface area (Å²) in [5, 5.41) is 10.6. The molecule has 1 unspecified atom stereocenters. The first-order valence-corrected chi connectivity index (χ1v) is 7.46. The molecule has 0 amide bonds. The van der Waals surface area contributed by atoms with E-state index in [1.807, 2.05) is 0 Å². The van der Waals surface area contributed by atoms with Crippen molar-refractivity contribution < 1.29 is 18.3 Å². The van der Waals surface area contributed by atoms with Crippen LogP contribution in [0.2, 0.25) is 0 Å². The Hall–Kier alpha value is -0.170. The highest BCUT2D eigenvalue weighted by Gasteiger charge is 2.55. The fourth-order valence-corrected chi connectivity index (χ4v) is 5.09. The number of ether oxygens (including phenoxy) is 1. The summed E-state index contributed by atoms with van der Waals surface area (Å²) in [7, 11) is -3.03.